The fraction of sp³-hybridized carbons (Fsp3) is 0.556. The molecule has 3 fully saturated rings. The van der Waals surface area contributed by atoms with Gasteiger partial charge in [0.1, 0.15) is 40.3 Å². The summed E-state index contributed by atoms with van der Waals surface area (Å²) in [7, 11) is -7.46. The van der Waals surface area contributed by atoms with Gasteiger partial charge in [-0.2, -0.15) is 4.31 Å². The highest BCUT2D eigenvalue weighted by atomic mass is 32.2. The van der Waals surface area contributed by atoms with Gasteiger partial charge in [0.05, 0.1) is 41.5 Å². The van der Waals surface area contributed by atoms with Gasteiger partial charge >= 0.3 is 12.2 Å². The number of rotatable bonds is 15. The Morgan fingerprint density at radius 1 is 0.903 bits per heavy atom. The van der Waals surface area contributed by atoms with Gasteiger partial charge in [0.2, 0.25) is 10.0 Å². The fourth-order valence-electron chi connectivity index (χ4n) is 7.59. The molecule has 1 saturated carbocycles. The van der Waals surface area contributed by atoms with Crippen LogP contribution in [0.1, 0.15) is 86.1 Å². The zero-order valence-corrected chi connectivity index (χ0v) is 38.4. The number of hydrogen-bond donors (Lipinski definition) is 2. The molecule has 2 aliphatic heterocycles. The van der Waals surface area contributed by atoms with Crippen molar-refractivity contribution in [2.45, 2.75) is 131 Å². The topological polar surface area (TPSA) is 187 Å². The number of sulfone groups is 1. The SMILES string of the molecule is CCOc1ccc(-c2ccc(CNC(=O)OC(C)(C)C)cc2)cc1S(=O)(=O)N1CCC2(CC1)C[C@H](N(C[C@H](O)COc1cccc(S(=O)(=O)C3CC3)c1)C(=O)OC(C)(C)C)CO2. The normalized spacial score (nSPS) is 18.8. The van der Waals surface area contributed by atoms with E-state index in [4.69, 9.17) is 23.7 Å². The van der Waals surface area contributed by atoms with Crippen LogP contribution in [0.5, 0.6) is 11.5 Å². The highest BCUT2D eigenvalue weighted by Gasteiger charge is 2.48. The van der Waals surface area contributed by atoms with Crippen molar-refractivity contribution < 1.29 is 55.2 Å². The molecule has 3 aromatic rings. The number of benzene rings is 3. The number of piperidine rings is 1. The van der Waals surface area contributed by atoms with Crippen LogP contribution < -0.4 is 14.8 Å². The summed E-state index contributed by atoms with van der Waals surface area (Å²) < 4.78 is 84.8. The third-order valence-electron chi connectivity index (χ3n) is 10.8. The van der Waals surface area contributed by atoms with Crippen LogP contribution in [0.25, 0.3) is 11.1 Å². The number of aliphatic hydroxyl groups excluding tert-OH is 1. The first-order valence-corrected chi connectivity index (χ1v) is 24.2. The number of alkyl carbamates (subject to hydrolysis) is 1. The number of nitrogens with zero attached hydrogens (tertiary/aromatic N) is 2. The molecule has 3 aromatic carbocycles. The Hall–Kier alpha value is -4.42. The Bertz CT molecular complexity index is 2280. The van der Waals surface area contributed by atoms with E-state index in [0.717, 1.165) is 11.1 Å². The quantitative estimate of drug-likeness (QED) is 0.165. The highest BCUT2D eigenvalue weighted by molar-refractivity contribution is 7.92. The molecule has 3 aliphatic rings. The van der Waals surface area contributed by atoms with E-state index >= 15 is 0 Å². The molecule has 340 valence electrons. The Labute approximate surface area is 366 Å². The largest absolute Gasteiger partial charge is 0.492 e. The lowest BCUT2D eigenvalue weighted by Gasteiger charge is -2.38. The second-order valence-corrected chi connectivity index (χ2v) is 22.4. The number of nitrogens with one attached hydrogen (secondary N) is 1. The van der Waals surface area contributed by atoms with Crippen molar-refractivity contribution in [1.82, 2.24) is 14.5 Å². The molecule has 2 atom stereocenters. The van der Waals surface area contributed by atoms with Crippen molar-refractivity contribution in [1.29, 1.82) is 0 Å². The van der Waals surface area contributed by atoms with E-state index < -0.39 is 61.0 Å². The Kier molecular flexibility index (Phi) is 14.2. The summed E-state index contributed by atoms with van der Waals surface area (Å²) in [4.78, 5) is 27.4. The van der Waals surface area contributed by atoms with E-state index in [0.29, 0.717) is 43.4 Å². The minimum Gasteiger partial charge on any atom is -0.492 e. The maximum atomic E-state index is 14.4. The van der Waals surface area contributed by atoms with Crippen LogP contribution in [0.15, 0.2) is 76.5 Å². The minimum atomic E-state index is -4.03. The second kappa shape index (κ2) is 18.7. The van der Waals surface area contributed by atoms with Gasteiger partial charge in [0.15, 0.2) is 9.84 Å². The predicted molar refractivity (Wildman–Crippen MR) is 232 cm³/mol. The van der Waals surface area contributed by atoms with Crippen molar-refractivity contribution in [2.24, 2.45) is 0 Å². The van der Waals surface area contributed by atoms with E-state index in [1.165, 1.54) is 21.3 Å². The van der Waals surface area contributed by atoms with Crippen LogP contribution in [0.3, 0.4) is 0 Å². The van der Waals surface area contributed by atoms with E-state index in [2.05, 4.69) is 5.32 Å². The zero-order valence-electron chi connectivity index (χ0n) is 36.7. The summed E-state index contributed by atoms with van der Waals surface area (Å²) in [6.45, 7) is 13.1. The third kappa shape index (κ3) is 12.0. The maximum absolute atomic E-state index is 14.4. The summed E-state index contributed by atoms with van der Waals surface area (Å²) >= 11 is 0. The van der Waals surface area contributed by atoms with Crippen LogP contribution in [-0.2, 0) is 40.6 Å². The van der Waals surface area contributed by atoms with Gasteiger partial charge in [-0.05, 0) is 128 Å². The van der Waals surface area contributed by atoms with Crippen molar-refractivity contribution in [3.63, 3.8) is 0 Å². The number of amides is 2. The van der Waals surface area contributed by atoms with E-state index in [1.807, 2.05) is 30.3 Å². The molecule has 1 spiro atoms. The van der Waals surface area contributed by atoms with Crippen LogP contribution in [0.2, 0.25) is 0 Å². The monoisotopic (exact) mass is 899 g/mol. The van der Waals surface area contributed by atoms with E-state index in [9.17, 15) is 31.5 Å². The molecule has 0 bridgehead atoms. The first kappa shape index (κ1) is 47.1. The highest BCUT2D eigenvalue weighted by Crippen LogP contribution is 2.41. The number of carbonyl (C=O) groups is 2. The van der Waals surface area contributed by atoms with E-state index in [1.54, 1.807) is 72.7 Å². The van der Waals surface area contributed by atoms with Gasteiger partial charge in [0, 0.05) is 19.6 Å². The Morgan fingerprint density at radius 2 is 1.56 bits per heavy atom. The molecule has 0 unspecified atom stereocenters. The third-order valence-corrected chi connectivity index (χ3v) is 15.0. The van der Waals surface area contributed by atoms with Crippen LogP contribution >= 0.6 is 0 Å². The molecule has 2 heterocycles. The van der Waals surface area contributed by atoms with E-state index in [-0.39, 0.29) is 66.8 Å². The van der Waals surface area contributed by atoms with Crippen LogP contribution in [0, 0.1) is 0 Å². The summed E-state index contributed by atoms with van der Waals surface area (Å²) in [5, 5.41) is 13.5. The van der Waals surface area contributed by atoms with Gasteiger partial charge in [0.25, 0.3) is 0 Å². The number of sulfonamides is 1. The molecule has 15 nitrogen and oxygen atoms in total. The standard InChI is InChI=1S/C45H61N3O12S2/c1-8-56-39-19-16-33(32-14-12-31(13-15-32)27-46-41(50)59-43(2,3)4)24-40(39)62(54,55)47-22-20-45(21-23-47)26-34(29-58-45)48(42(51)60-44(5,6)7)28-35(49)30-57-36-10-9-11-38(25-36)61(52,53)37-17-18-37/h9-16,19,24-25,34-35,37,49H,8,17-18,20-23,26-30H2,1-7H3,(H,46,50)/t34-,35-/m0/s1. The first-order chi connectivity index (χ1) is 29.1. The van der Waals surface area contributed by atoms with Crippen molar-refractivity contribution in [3.05, 3.63) is 72.3 Å². The van der Waals surface area contributed by atoms with Gasteiger partial charge in [-0.1, -0.05) is 36.4 Å². The molecule has 0 radical (unpaired) electrons. The summed E-state index contributed by atoms with van der Waals surface area (Å²) in [6.07, 6.45) is 0.126. The molecule has 2 N–H and O–H groups in total. The van der Waals surface area contributed by atoms with Crippen molar-refractivity contribution in [3.8, 4) is 22.6 Å². The Balaban J connectivity index is 1.10. The van der Waals surface area contributed by atoms with Crippen LogP contribution in [0.4, 0.5) is 9.59 Å². The number of hydrogen-bond acceptors (Lipinski definition) is 12. The lowest BCUT2D eigenvalue weighted by Crippen LogP contribution is -2.50. The lowest BCUT2D eigenvalue weighted by atomic mass is 9.88. The summed E-state index contributed by atoms with van der Waals surface area (Å²) in [5.41, 5.74) is 0.170. The summed E-state index contributed by atoms with van der Waals surface area (Å²) in [5.74, 6) is 0.540. The zero-order chi connectivity index (χ0) is 45.1. The molecular weight excluding hydrogens is 839 g/mol. The van der Waals surface area contributed by atoms with Gasteiger partial charge in [-0.15, -0.1) is 0 Å². The molecule has 2 amide bonds. The molecule has 1 aliphatic carbocycles. The van der Waals surface area contributed by atoms with Crippen LogP contribution in [-0.4, -0.2) is 117 Å². The van der Waals surface area contributed by atoms with Gasteiger partial charge < -0.3 is 39.0 Å². The van der Waals surface area contributed by atoms with Gasteiger partial charge in [-0.25, -0.2) is 26.4 Å². The molecular formula is C45H61N3O12S2. The predicted octanol–water partition coefficient (Wildman–Crippen LogP) is 6.70. The molecule has 6 rings (SSSR count). The van der Waals surface area contributed by atoms with Crippen molar-refractivity contribution in [2.75, 3.05) is 39.5 Å². The smallest absolute Gasteiger partial charge is 0.410 e. The Morgan fingerprint density at radius 3 is 2.19 bits per heavy atom. The fourth-order valence-corrected chi connectivity index (χ4v) is 10.9. The first-order valence-electron chi connectivity index (χ1n) is 21.2. The maximum Gasteiger partial charge on any atom is 0.410 e. The number of carbonyl (C=O) groups excluding carboxylic acids is 2. The average molecular weight is 900 g/mol. The number of ether oxygens (including phenoxy) is 5. The minimum absolute atomic E-state index is 0.0530. The summed E-state index contributed by atoms with van der Waals surface area (Å²) in [6, 6.07) is 18.3. The number of aliphatic hydroxyl groups is 1. The molecule has 17 heteroatoms. The average Bonchev–Trinajstić information content (AvgIpc) is 4.00. The van der Waals surface area contributed by atoms with Crippen molar-refractivity contribution >= 4 is 32.0 Å². The lowest BCUT2D eigenvalue weighted by molar-refractivity contribution is -0.0329. The molecule has 2 saturated heterocycles. The molecule has 0 aromatic heterocycles. The second-order valence-electron chi connectivity index (χ2n) is 18.2. The van der Waals surface area contributed by atoms with Gasteiger partial charge in [-0.3, -0.25) is 0 Å². The molecule has 62 heavy (non-hydrogen) atoms.